The van der Waals surface area contributed by atoms with E-state index in [1.54, 1.807) is 33.4 Å². The van der Waals surface area contributed by atoms with Gasteiger partial charge < -0.3 is 9.42 Å². The van der Waals surface area contributed by atoms with Crippen LogP contribution in [0.2, 0.25) is 0 Å². The van der Waals surface area contributed by atoms with Gasteiger partial charge in [-0.2, -0.15) is 10.1 Å². The molecule has 0 saturated heterocycles. The quantitative estimate of drug-likeness (QED) is 0.766. The van der Waals surface area contributed by atoms with Crippen LogP contribution in [0, 0.1) is 6.92 Å². The molecule has 0 radical (unpaired) electrons. The van der Waals surface area contributed by atoms with Crippen molar-refractivity contribution in [2.45, 2.75) is 13.5 Å². The molecule has 0 bridgehead atoms. The third-order valence-electron chi connectivity index (χ3n) is 2.20. The molecule has 0 aromatic carbocycles. The maximum absolute atomic E-state index is 11.5. The highest BCUT2D eigenvalue weighted by molar-refractivity contribution is 5.75. The number of aryl methyl sites for hydroxylation is 1. The molecule has 7 nitrogen and oxygen atoms in total. The van der Waals surface area contributed by atoms with E-state index >= 15 is 0 Å². The molecule has 0 saturated carbocycles. The van der Waals surface area contributed by atoms with E-state index in [4.69, 9.17) is 4.52 Å². The number of hydrogen-bond acceptors (Lipinski definition) is 5. The topological polar surface area (TPSA) is 77.0 Å². The molecule has 0 atom stereocenters. The summed E-state index contributed by atoms with van der Waals surface area (Å²) in [5, 5.41) is 7.76. The lowest BCUT2D eigenvalue weighted by atomic mass is 10.4. The summed E-state index contributed by atoms with van der Waals surface area (Å²) < 4.78 is 6.55. The first-order valence-corrected chi connectivity index (χ1v) is 5.09. The maximum Gasteiger partial charge on any atom is 0.261 e. The second-order valence-electron chi connectivity index (χ2n) is 3.86. The molecular formula is C10H13N5O2. The fourth-order valence-corrected chi connectivity index (χ4v) is 1.25. The van der Waals surface area contributed by atoms with Crippen LogP contribution in [0.4, 0.5) is 0 Å². The number of likely N-dealkylation sites (N-methyl/N-ethyl adjacent to an activating group) is 1. The highest BCUT2D eigenvalue weighted by Gasteiger charge is 2.11. The van der Waals surface area contributed by atoms with Crippen LogP contribution < -0.4 is 0 Å². The van der Waals surface area contributed by atoms with Crippen LogP contribution in [-0.2, 0) is 11.3 Å². The van der Waals surface area contributed by atoms with E-state index in [0.717, 1.165) is 0 Å². The highest BCUT2D eigenvalue weighted by Crippen LogP contribution is 2.15. The molecule has 1 amide bonds. The summed E-state index contributed by atoms with van der Waals surface area (Å²) in [5.74, 6) is 0.949. The van der Waals surface area contributed by atoms with E-state index in [2.05, 4.69) is 15.2 Å². The van der Waals surface area contributed by atoms with Crippen molar-refractivity contribution in [3.05, 3.63) is 18.2 Å². The van der Waals surface area contributed by atoms with Gasteiger partial charge in [-0.3, -0.25) is 9.48 Å². The lowest BCUT2D eigenvalue weighted by molar-refractivity contribution is -0.129. The third-order valence-corrected chi connectivity index (χ3v) is 2.20. The Balaban J connectivity index is 2.14. The van der Waals surface area contributed by atoms with E-state index in [9.17, 15) is 4.79 Å². The Hall–Kier alpha value is -2.18. The van der Waals surface area contributed by atoms with Gasteiger partial charge in [0.25, 0.3) is 5.89 Å². The van der Waals surface area contributed by atoms with E-state index < -0.39 is 0 Å². The first kappa shape index (κ1) is 11.3. The number of aromatic nitrogens is 4. The Kier molecular flexibility index (Phi) is 2.90. The Morgan fingerprint density at radius 1 is 1.53 bits per heavy atom. The summed E-state index contributed by atoms with van der Waals surface area (Å²) in [6.45, 7) is 1.94. The first-order valence-electron chi connectivity index (χ1n) is 5.09. The maximum atomic E-state index is 11.5. The molecule has 2 aromatic heterocycles. The van der Waals surface area contributed by atoms with Gasteiger partial charge in [-0.25, -0.2) is 0 Å². The van der Waals surface area contributed by atoms with E-state index in [1.807, 2.05) is 0 Å². The normalized spacial score (nSPS) is 10.5. The van der Waals surface area contributed by atoms with Crippen LogP contribution in [0.5, 0.6) is 0 Å². The number of carbonyl (C=O) groups is 1. The van der Waals surface area contributed by atoms with Gasteiger partial charge >= 0.3 is 0 Å². The molecule has 0 N–H and O–H groups in total. The fourth-order valence-electron chi connectivity index (χ4n) is 1.25. The SMILES string of the molecule is Cc1noc(-c2cnn(CC(=O)N(C)C)c2)n1. The Morgan fingerprint density at radius 2 is 2.29 bits per heavy atom. The summed E-state index contributed by atoms with van der Waals surface area (Å²) in [5.41, 5.74) is 0.706. The van der Waals surface area contributed by atoms with Gasteiger partial charge in [0, 0.05) is 20.3 Å². The predicted molar refractivity (Wildman–Crippen MR) is 59.0 cm³/mol. The molecule has 90 valence electrons. The highest BCUT2D eigenvalue weighted by atomic mass is 16.5. The smallest absolute Gasteiger partial charge is 0.261 e. The minimum absolute atomic E-state index is 0.0265. The summed E-state index contributed by atoms with van der Waals surface area (Å²) in [6, 6.07) is 0. The summed E-state index contributed by atoms with van der Waals surface area (Å²) in [6.07, 6.45) is 3.30. The second kappa shape index (κ2) is 4.36. The number of amides is 1. The van der Waals surface area contributed by atoms with Crippen molar-refractivity contribution in [1.29, 1.82) is 0 Å². The largest absolute Gasteiger partial charge is 0.347 e. The van der Waals surface area contributed by atoms with Crippen LogP contribution in [-0.4, -0.2) is 44.8 Å². The van der Waals surface area contributed by atoms with Crippen molar-refractivity contribution in [3.8, 4) is 11.5 Å². The fraction of sp³-hybridized carbons (Fsp3) is 0.400. The van der Waals surface area contributed by atoms with Crippen LogP contribution in [0.1, 0.15) is 5.82 Å². The van der Waals surface area contributed by atoms with Gasteiger partial charge in [-0.05, 0) is 6.92 Å². The Labute approximate surface area is 98.0 Å². The van der Waals surface area contributed by atoms with Crippen molar-refractivity contribution >= 4 is 5.91 Å². The minimum Gasteiger partial charge on any atom is -0.347 e. The summed E-state index contributed by atoms with van der Waals surface area (Å²) in [4.78, 5) is 17.1. The van der Waals surface area contributed by atoms with E-state index in [1.165, 1.54) is 9.58 Å². The van der Waals surface area contributed by atoms with Crippen molar-refractivity contribution in [2.75, 3.05) is 14.1 Å². The van der Waals surface area contributed by atoms with E-state index in [-0.39, 0.29) is 12.5 Å². The zero-order valence-corrected chi connectivity index (χ0v) is 9.91. The molecule has 0 aliphatic carbocycles. The Morgan fingerprint density at radius 3 is 2.88 bits per heavy atom. The molecule has 7 heteroatoms. The lowest BCUT2D eigenvalue weighted by Gasteiger charge is -2.09. The molecule has 0 unspecified atom stereocenters. The number of nitrogens with zero attached hydrogens (tertiary/aromatic N) is 5. The summed E-state index contributed by atoms with van der Waals surface area (Å²) in [7, 11) is 3.40. The molecule has 0 fully saturated rings. The predicted octanol–water partition coefficient (Wildman–Crippen LogP) is 0.330. The first-order chi connectivity index (χ1) is 8.06. The standard InChI is InChI=1S/C10H13N5O2/c1-7-12-10(17-13-7)8-4-11-15(5-8)6-9(16)14(2)3/h4-5H,6H2,1-3H3. The number of carbonyl (C=O) groups excluding carboxylic acids is 1. The van der Waals surface area contributed by atoms with Gasteiger partial charge in [0.2, 0.25) is 5.91 Å². The molecule has 2 aromatic rings. The lowest BCUT2D eigenvalue weighted by Crippen LogP contribution is -2.26. The molecule has 0 aliphatic heterocycles. The van der Waals surface area contributed by atoms with Crippen LogP contribution in [0.25, 0.3) is 11.5 Å². The average molecular weight is 235 g/mol. The summed E-state index contributed by atoms with van der Waals surface area (Å²) >= 11 is 0. The second-order valence-corrected chi connectivity index (χ2v) is 3.86. The van der Waals surface area contributed by atoms with Gasteiger partial charge in [0.05, 0.1) is 11.8 Å². The zero-order chi connectivity index (χ0) is 12.4. The van der Waals surface area contributed by atoms with Crippen LogP contribution >= 0.6 is 0 Å². The van der Waals surface area contributed by atoms with Crippen molar-refractivity contribution in [1.82, 2.24) is 24.8 Å². The molecule has 0 aliphatic rings. The molecule has 0 spiro atoms. The van der Waals surface area contributed by atoms with Gasteiger partial charge in [-0.15, -0.1) is 0 Å². The molecule has 2 rings (SSSR count). The van der Waals surface area contributed by atoms with Crippen LogP contribution in [0.3, 0.4) is 0 Å². The minimum atomic E-state index is -0.0265. The van der Waals surface area contributed by atoms with Gasteiger partial charge in [0.1, 0.15) is 6.54 Å². The average Bonchev–Trinajstić information content (AvgIpc) is 2.86. The third kappa shape index (κ3) is 2.49. The molecule has 2 heterocycles. The zero-order valence-electron chi connectivity index (χ0n) is 9.91. The monoisotopic (exact) mass is 235 g/mol. The van der Waals surface area contributed by atoms with Crippen molar-refractivity contribution in [2.24, 2.45) is 0 Å². The number of hydrogen-bond donors (Lipinski definition) is 0. The van der Waals surface area contributed by atoms with Gasteiger partial charge in [-0.1, -0.05) is 5.16 Å². The van der Waals surface area contributed by atoms with Crippen LogP contribution in [0.15, 0.2) is 16.9 Å². The number of rotatable bonds is 3. The molecule has 17 heavy (non-hydrogen) atoms. The van der Waals surface area contributed by atoms with Gasteiger partial charge in [0.15, 0.2) is 5.82 Å². The van der Waals surface area contributed by atoms with E-state index in [0.29, 0.717) is 17.3 Å². The van der Waals surface area contributed by atoms with Crippen molar-refractivity contribution < 1.29 is 9.32 Å². The Bertz CT molecular complexity index is 528. The molecular weight excluding hydrogens is 222 g/mol. The van der Waals surface area contributed by atoms with Crippen molar-refractivity contribution in [3.63, 3.8) is 0 Å².